The number of amides is 2. The Morgan fingerprint density at radius 3 is 2.19 bits per heavy atom. The second-order valence-corrected chi connectivity index (χ2v) is 4.65. The fourth-order valence-electron chi connectivity index (χ4n) is 0.994. The van der Waals surface area contributed by atoms with Crippen LogP contribution in [0, 0.1) is 5.92 Å². The molecule has 0 spiro atoms. The largest absolute Gasteiger partial charge is 0.388 e. The van der Waals surface area contributed by atoms with E-state index in [2.05, 4.69) is 10.6 Å². The molecule has 0 bridgehead atoms. The van der Waals surface area contributed by atoms with Gasteiger partial charge in [-0.3, -0.25) is 9.59 Å². The van der Waals surface area contributed by atoms with Gasteiger partial charge in [-0.05, 0) is 19.8 Å². The van der Waals surface area contributed by atoms with Crippen molar-refractivity contribution in [3.05, 3.63) is 0 Å². The number of aliphatic hydroxyl groups is 1. The van der Waals surface area contributed by atoms with Gasteiger partial charge in [-0.25, -0.2) is 0 Å². The molecule has 0 aromatic heterocycles. The molecule has 0 aromatic rings. The van der Waals surface area contributed by atoms with E-state index < -0.39 is 11.6 Å². The first kappa shape index (κ1) is 14.9. The highest BCUT2D eigenvalue weighted by molar-refractivity contribution is 5.86. The minimum atomic E-state index is -0.939. The van der Waals surface area contributed by atoms with Gasteiger partial charge >= 0.3 is 0 Å². The molecular formula is C11H22N2O3. The number of carbonyl (C=O) groups is 2. The highest BCUT2D eigenvalue weighted by Gasteiger charge is 2.26. The Labute approximate surface area is 96.6 Å². The molecular weight excluding hydrogens is 208 g/mol. The van der Waals surface area contributed by atoms with E-state index in [1.807, 2.05) is 13.8 Å². The van der Waals surface area contributed by atoms with Crippen LogP contribution in [0.1, 0.15) is 34.6 Å². The molecule has 0 radical (unpaired) electrons. The van der Waals surface area contributed by atoms with Crippen molar-refractivity contribution < 1.29 is 14.7 Å². The van der Waals surface area contributed by atoms with Crippen LogP contribution in [0.5, 0.6) is 0 Å². The molecule has 2 unspecified atom stereocenters. The van der Waals surface area contributed by atoms with Crippen molar-refractivity contribution in [1.82, 2.24) is 10.6 Å². The zero-order valence-electron chi connectivity index (χ0n) is 10.6. The Kier molecular flexibility index (Phi) is 5.44. The Balaban J connectivity index is 4.12. The molecule has 2 amide bonds. The smallest absolute Gasteiger partial charge is 0.242 e. The molecule has 5 heteroatoms. The zero-order valence-corrected chi connectivity index (χ0v) is 10.6. The average molecular weight is 230 g/mol. The van der Waals surface area contributed by atoms with Gasteiger partial charge in [0.05, 0.1) is 5.60 Å². The lowest BCUT2D eigenvalue weighted by Crippen LogP contribution is -2.50. The third kappa shape index (κ3) is 5.11. The van der Waals surface area contributed by atoms with Gasteiger partial charge in [-0.15, -0.1) is 0 Å². The summed E-state index contributed by atoms with van der Waals surface area (Å²) in [5.41, 5.74) is -0.939. The van der Waals surface area contributed by atoms with Crippen LogP contribution < -0.4 is 10.6 Å². The van der Waals surface area contributed by atoms with Crippen LogP contribution in [0.2, 0.25) is 0 Å². The SMILES string of the molecule is CC(=O)NC(C)C(=O)NCC(C)(O)C(C)C. The van der Waals surface area contributed by atoms with Gasteiger partial charge < -0.3 is 15.7 Å². The lowest BCUT2D eigenvalue weighted by Gasteiger charge is -2.28. The Morgan fingerprint density at radius 1 is 1.31 bits per heavy atom. The van der Waals surface area contributed by atoms with Crippen molar-refractivity contribution >= 4 is 11.8 Å². The van der Waals surface area contributed by atoms with Gasteiger partial charge in [-0.2, -0.15) is 0 Å². The number of carbonyl (C=O) groups excluding carboxylic acids is 2. The third-order valence-electron chi connectivity index (χ3n) is 2.68. The van der Waals surface area contributed by atoms with E-state index in [9.17, 15) is 14.7 Å². The minimum absolute atomic E-state index is 0.0453. The predicted molar refractivity (Wildman–Crippen MR) is 61.8 cm³/mol. The monoisotopic (exact) mass is 230 g/mol. The molecule has 0 aliphatic heterocycles. The van der Waals surface area contributed by atoms with Crippen LogP contribution in [0.25, 0.3) is 0 Å². The molecule has 0 rings (SSSR count). The molecule has 0 aliphatic rings. The van der Waals surface area contributed by atoms with E-state index >= 15 is 0 Å². The quantitative estimate of drug-likeness (QED) is 0.623. The zero-order chi connectivity index (χ0) is 12.9. The number of rotatable bonds is 5. The molecule has 0 fully saturated rings. The van der Waals surface area contributed by atoms with Crippen molar-refractivity contribution in [2.24, 2.45) is 5.92 Å². The summed E-state index contributed by atoms with van der Waals surface area (Å²) in [5, 5.41) is 15.0. The Bertz CT molecular complexity index is 262. The van der Waals surface area contributed by atoms with Crippen LogP contribution in [0.15, 0.2) is 0 Å². The lowest BCUT2D eigenvalue weighted by atomic mass is 9.92. The van der Waals surface area contributed by atoms with Gasteiger partial charge in [-0.1, -0.05) is 13.8 Å². The Morgan fingerprint density at radius 2 is 1.81 bits per heavy atom. The predicted octanol–water partition coefficient (Wildman–Crippen LogP) is 0.0342. The summed E-state index contributed by atoms with van der Waals surface area (Å²) in [6.07, 6.45) is 0. The van der Waals surface area contributed by atoms with Crippen LogP contribution in [0.4, 0.5) is 0 Å². The van der Waals surface area contributed by atoms with Crippen molar-refractivity contribution in [2.45, 2.75) is 46.3 Å². The van der Waals surface area contributed by atoms with E-state index in [-0.39, 0.29) is 24.3 Å². The van der Waals surface area contributed by atoms with Gasteiger partial charge in [0.2, 0.25) is 11.8 Å². The maximum absolute atomic E-state index is 11.5. The average Bonchev–Trinajstić information content (AvgIpc) is 2.12. The number of hydrogen-bond donors (Lipinski definition) is 3. The van der Waals surface area contributed by atoms with Crippen LogP contribution >= 0.6 is 0 Å². The summed E-state index contributed by atoms with van der Waals surface area (Å²) in [4.78, 5) is 22.2. The highest BCUT2D eigenvalue weighted by atomic mass is 16.3. The molecule has 94 valence electrons. The first-order valence-corrected chi connectivity index (χ1v) is 5.44. The van der Waals surface area contributed by atoms with Crippen molar-refractivity contribution in [3.63, 3.8) is 0 Å². The highest BCUT2D eigenvalue weighted by Crippen LogP contribution is 2.14. The fourth-order valence-corrected chi connectivity index (χ4v) is 0.994. The van der Waals surface area contributed by atoms with Crippen molar-refractivity contribution in [1.29, 1.82) is 0 Å². The molecule has 0 aromatic carbocycles. The first-order chi connectivity index (χ1) is 7.16. The molecule has 0 aliphatic carbocycles. The second kappa shape index (κ2) is 5.84. The Hall–Kier alpha value is -1.10. The van der Waals surface area contributed by atoms with Gasteiger partial charge in [0.25, 0.3) is 0 Å². The van der Waals surface area contributed by atoms with Crippen LogP contribution in [0.3, 0.4) is 0 Å². The first-order valence-electron chi connectivity index (χ1n) is 5.44. The maximum Gasteiger partial charge on any atom is 0.242 e. The molecule has 0 saturated carbocycles. The third-order valence-corrected chi connectivity index (χ3v) is 2.68. The topological polar surface area (TPSA) is 78.4 Å². The normalized spacial score (nSPS) is 16.4. The molecule has 5 nitrogen and oxygen atoms in total. The van der Waals surface area contributed by atoms with E-state index in [1.165, 1.54) is 6.92 Å². The summed E-state index contributed by atoms with van der Waals surface area (Å²) in [6, 6.07) is -0.583. The number of hydrogen-bond acceptors (Lipinski definition) is 3. The summed E-state index contributed by atoms with van der Waals surface area (Å²) in [6.45, 7) is 8.55. The van der Waals surface area contributed by atoms with Crippen LogP contribution in [-0.2, 0) is 9.59 Å². The summed E-state index contributed by atoms with van der Waals surface area (Å²) < 4.78 is 0. The van der Waals surface area contributed by atoms with Crippen molar-refractivity contribution in [2.75, 3.05) is 6.54 Å². The lowest BCUT2D eigenvalue weighted by molar-refractivity contribution is -0.128. The summed E-state index contributed by atoms with van der Waals surface area (Å²) >= 11 is 0. The van der Waals surface area contributed by atoms with Gasteiger partial charge in [0.1, 0.15) is 6.04 Å². The second-order valence-electron chi connectivity index (χ2n) is 4.65. The van der Waals surface area contributed by atoms with E-state index in [4.69, 9.17) is 0 Å². The molecule has 0 heterocycles. The molecule has 0 saturated heterocycles. The maximum atomic E-state index is 11.5. The van der Waals surface area contributed by atoms with Crippen LogP contribution in [-0.4, -0.2) is 35.1 Å². The molecule has 16 heavy (non-hydrogen) atoms. The molecule has 2 atom stereocenters. The summed E-state index contributed by atoms with van der Waals surface area (Å²) in [7, 11) is 0. The van der Waals surface area contributed by atoms with E-state index in [0.717, 1.165) is 0 Å². The van der Waals surface area contributed by atoms with E-state index in [1.54, 1.807) is 13.8 Å². The van der Waals surface area contributed by atoms with Gasteiger partial charge in [0, 0.05) is 13.5 Å². The molecule has 3 N–H and O–H groups in total. The van der Waals surface area contributed by atoms with Crippen molar-refractivity contribution in [3.8, 4) is 0 Å². The van der Waals surface area contributed by atoms with Gasteiger partial charge in [0.15, 0.2) is 0 Å². The summed E-state index contributed by atoms with van der Waals surface area (Å²) in [5.74, 6) is -0.502. The number of nitrogens with one attached hydrogen (secondary N) is 2. The minimum Gasteiger partial charge on any atom is -0.388 e. The standard InChI is InChI=1S/C11H22N2O3/c1-7(2)11(5,16)6-12-10(15)8(3)13-9(4)14/h7-8,16H,6H2,1-5H3,(H,12,15)(H,13,14). The van der Waals surface area contributed by atoms with E-state index in [0.29, 0.717) is 0 Å². The fraction of sp³-hybridized carbons (Fsp3) is 0.818.